The fraction of sp³-hybridized carbons (Fsp3) is 0.385. The van der Waals surface area contributed by atoms with Crippen LogP contribution in [0.4, 0.5) is 0 Å². The summed E-state index contributed by atoms with van der Waals surface area (Å²) >= 11 is 0. The van der Waals surface area contributed by atoms with Crippen molar-refractivity contribution in [3.05, 3.63) is 47.2 Å². The fourth-order valence-electron chi connectivity index (χ4n) is 1.75. The second kappa shape index (κ2) is 5.14. The summed E-state index contributed by atoms with van der Waals surface area (Å²) in [7, 11) is 1.67. The first kappa shape index (κ1) is 11.2. The normalized spacial score (nSPS) is 16.8. The zero-order chi connectivity index (χ0) is 11.4. The van der Waals surface area contributed by atoms with E-state index >= 15 is 0 Å². The van der Waals surface area contributed by atoms with E-state index in [4.69, 9.17) is 9.47 Å². The van der Waals surface area contributed by atoms with E-state index in [2.05, 4.69) is 0 Å². The second-order valence-corrected chi connectivity index (χ2v) is 3.82. The van der Waals surface area contributed by atoms with Gasteiger partial charge in [-0.2, -0.15) is 0 Å². The summed E-state index contributed by atoms with van der Waals surface area (Å²) in [6.45, 7) is 1.27. The number of aliphatic hydroxyl groups excluding tert-OH is 1. The van der Waals surface area contributed by atoms with Gasteiger partial charge in [-0.15, -0.1) is 0 Å². The summed E-state index contributed by atoms with van der Waals surface area (Å²) in [5.41, 5.74) is 1.95. The van der Waals surface area contributed by atoms with Crippen molar-refractivity contribution < 1.29 is 14.6 Å². The van der Waals surface area contributed by atoms with Crippen LogP contribution in [0.15, 0.2) is 36.1 Å². The molecule has 0 saturated heterocycles. The Morgan fingerprint density at radius 2 is 2.12 bits per heavy atom. The lowest BCUT2D eigenvalue weighted by atomic mass is 10.1. The average Bonchev–Trinajstić information content (AvgIpc) is 2.83. The van der Waals surface area contributed by atoms with Crippen LogP contribution in [0.1, 0.15) is 23.7 Å². The standard InChI is InChI=1S/C13H16O3/c1-15-9-10-4-6-11(7-5-10)13(14)12-3-2-8-16-12/h3-7,13-14H,2,8-9H2,1H3. The summed E-state index contributed by atoms with van der Waals surface area (Å²) in [6, 6.07) is 7.72. The molecule has 1 N–H and O–H groups in total. The number of hydrogen-bond acceptors (Lipinski definition) is 3. The van der Waals surface area contributed by atoms with Gasteiger partial charge in [0, 0.05) is 13.5 Å². The Bertz CT molecular complexity index is 367. The van der Waals surface area contributed by atoms with E-state index in [1.54, 1.807) is 7.11 Å². The molecule has 0 radical (unpaired) electrons. The number of methoxy groups -OCH3 is 1. The summed E-state index contributed by atoms with van der Waals surface area (Å²) in [5, 5.41) is 10.0. The molecule has 2 rings (SSSR count). The molecule has 0 aromatic heterocycles. The third-order valence-electron chi connectivity index (χ3n) is 2.61. The van der Waals surface area contributed by atoms with Crippen LogP contribution in [0.3, 0.4) is 0 Å². The van der Waals surface area contributed by atoms with E-state index in [0.717, 1.165) is 17.5 Å². The van der Waals surface area contributed by atoms with Gasteiger partial charge in [0.05, 0.1) is 13.2 Å². The first-order valence-corrected chi connectivity index (χ1v) is 5.40. The van der Waals surface area contributed by atoms with Gasteiger partial charge < -0.3 is 14.6 Å². The van der Waals surface area contributed by atoms with E-state index in [1.165, 1.54) is 0 Å². The molecule has 0 aliphatic carbocycles. The van der Waals surface area contributed by atoms with Crippen LogP contribution in [0.5, 0.6) is 0 Å². The van der Waals surface area contributed by atoms with Crippen molar-refractivity contribution >= 4 is 0 Å². The molecule has 1 atom stereocenters. The van der Waals surface area contributed by atoms with Gasteiger partial charge in [-0.3, -0.25) is 0 Å². The molecule has 0 amide bonds. The molecule has 1 aromatic carbocycles. The minimum atomic E-state index is -0.640. The molecule has 1 aromatic rings. The Kier molecular flexibility index (Phi) is 3.59. The SMILES string of the molecule is COCc1ccc(C(O)C2=CCCO2)cc1. The molecule has 86 valence electrons. The maximum Gasteiger partial charge on any atom is 0.136 e. The van der Waals surface area contributed by atoms with Crippen molar-refractivity contribution in [3.8, 4) is 0 Å². The molecule has 1 heterocycles. The summed E-state index contributed by atoms with van der Waals surface area (Å²) in [6.07, 6.45) is 2.18. The van der Waals surface area contributed by atoms with Crippen molar-refractivity contribution in [1.29, 1.82) is 0 Å². The third kappa shape index (κ3) is 2.43. The lowest BCUT2D eigenvalue weighted by Gasteiger charge is -2.12. The third-order valence-corrected chi connectivity index (χ3v) is 2.61. The highest BCUT2D eigenvalue weighted by Gasteiger charge is 2.17. The Labute approximate surface area is 95.3 Å². The van der Waals surface area contributed by atoms with Gasteiger partial charge in [-0.05, 0) is 17.2 Å². The van der Waals surface area contributed by atoms with Crippen LogP contribution in [0, 0.1) is 0 Å². The van der Waals surface area contributed by atoms with Crippen molar-refractivity contribution in [3.63, 3.8) is 0 Å². The van der Waals surface area contributed by atoms with E-state index in [1.807, 2.05) is 30.3 Å². The van der Waals surface area contributed by atoms with Crippen LogP contribution in [-0.4, -0.2) is 18.8 Å². The lowest BCUT2D eigenvalue weighted by Crippen LogP contribution is -2.02. The van der Waals surface area contributed by atoms with Crippen LogP contribution < -0.4 is 0 Å². The topological polar surface area (TPSA) is 38.7 Å². The van der Waals surface area contributed by atoms with Gasteiger partial charge >= 0.3 is 0 Å². The molecule has 0 spiro atoms. The smallest absolute Gasteiger partial charge is 0.136 e. The maximum absolute atomic E-state index is 10.0. The quantitative estimate of drug-likeness (QED) is 0.845. The van der Waals surface area contributed by atoms with E-state index in [-0.39, 0.29) is 0 Å². The summed E-state index contributed by atoms with van der Waals surface area (Å²) < 4.78 is 10.4. The van der Waals surface area contributed by atoms with Crippen LogP contribution in [-0.2, 0) is 16.1 Å². The molecular formula is C13H16O3. The minimum absolute atomic E-state index is 0.593. The highest BCUT2D eigenvalue weighted by molar-refractivity contribution is 5.28. The van der Waals surface area contributed by atoms with Crippen LogP contribution in [0.25, 0.3) is 0 Å². The second-order valence-electron chi connectivity index (χ2n) is 3.82. The molecular weight excluding hydrogens is 204 g/mol. The Morgan fingerprint density at radius 3 is 2.69 bits per heavy atom. The van der Waals surface area contributed by atoms with Crippen molar-refractivity contribution in [2.45, 2.75) is 19.1 Å². The molecule has 3 heteroatoms. The maximum atomic E-state index is 10.0. The Hall–Kier alpha value is -1.32. The predicted molar refractivity (Wildman–Crippen MR) is 60.8 cm³/mol. The highest BCUT2D eigenvalue weighted by Crippen LogP contribution is 2.26. The predicted octanol–water partition coefficient (Wildman–Crippen LogP) is 2.17. The van der Waals surface area contributed by atoms with E-state index < -0.39 is 6.10 Å². The summed E-state index contributed by atoms with van der Waals surface area (Å²) in [4.78, 5) is 0. The van der Waals surface area contributed by atoms with E-state index in [0.29, 0.717) is 19.0 Å². The molecule has 1 aliphatic heterocycles. The molecule has 0 fully saturated rings. The number of rotatable bonds is 4. The fourth-order valence-corrected chi connectivity index (χ4v) is 1.75. The molecule has 0 bridgehead atoms. The highest BCUT2D eigenvalue weighted by atomic mass is 16.5. The molecule has 3 nitrogen and oxygen atoms in total. The van der Waals surface area contributed by atoms with Crippen molar-refractivity contribution in [1.82, 2.24) is 0 Å². The van der Waals surface area contributed by atoms with Gasteiger partial charge in [0.2, 0.25) is 0 Å². The minimum Gasteiger partial charge on any atom is -0.495 e. The first-order chi connectivity index (χ1) is 7.81. The molecule has 1 unspecified atom stereocenters. The lowest BCUT2D eigenvalue weighted by molar-refractivity contribution is 0.119. The molecule has 1 aliphatic rings. The van der Waals surface area contributed by atoms with Gasteiger partial charge in [0.25, 0.3) is 0 Å². The first-order valence-electron chi connectivity index (χ1n) is 5.40. The van der Waals surface area contributed by atoms with Crippen molar-refractivity contribution in [2.75, 3.05) is 13.7 Å². The largest absolute Gasteiger partial charge is 0.495 e. The number of benzene rings is 1. The molecule has 16 heavy (non-hydrogen) atoms. The summed E-state index contributed by atoms with van der Waals surface area (Å²) in [5.74, 6) is 0.666. The van der Waals surface area contributed by atoms with Gasteiger partial charge in [-0.25, -0.2) is 0 Å². The van der Waals surface area contributed by atoms with Gasteiger partial charge in [-0.1, -0.05) is 24.3 Å². The van der Waals surface area contributed by atoms with Crippen molar-refractivity contribution in [2.24, 2.45) is 0 Å². The number of hydrogen-bond donors (Lipinski definition) is 1. The molecule has 0 saturated carbocycles. The Balaban J connectivity index is 2.08. The Morgan fingerprint density at radius 1 is 1.38 bits per heavy atom. The van der Waals surface area contributed by atoms with Gasteiger partial charge in [0.15, 0.2) is 0 Å². The average molecular weight is 220 g/mol. The zero-order valence-electron chi connectivity index (χ0n) is 9.35. The number of aliphatic hydroxyl groups is 1. The van der Waals surface area contributed by atoms with Crippen LogP contribution >= 0.6 is 0 Å². The van der Waals surface area contributed by atoms with E-state index in [9.17, 15) is 5.11 Å². The monoisotopic (exact) mass is 220 g/mol. The van der Waals surface area contributed by atoms with Crippen LogP contribution in [0.2, 0.25) is 0 Å². The zero-order valence-corrected chi connectivity index (χ0v) is 9.35. The number of ether oxygens (including phenoxy) is 2. The van der Waals surface area contributed by atoms with Gasteiger partial charge in [0.1, 0.15) is 11.9 Å².